The molecular weight excluding hydrogens is 379 g/mol. The maximum absolute atomic E-state index is 12.8. The summed E-state index contributed by atoms with van der Waals surface area (Å²) in [4.78, 5) is 16.5. The SMILES string of the molecule is NC(=O)c1cc(-c2ccccc2)cc2ncn(Cc3ccc(C(F)(F)F)cc3)c12. The molecule has 0 spiro atoms. The molecule has 0 aliphatic heterocycles. The van der Waals surface area contributed by atoms with Crippen molar-refractivity contribution in [2.24, 2.45) is 5.73 Å². The van der Waals surface area contributed by atoms with Gasteiger partial charge in [-0.1, -0.05) is 42.5 Å². The summed E-state index contributed by atoms with van der Waals surface area (Å²) in [7, 11) is 0. The number of fused-ring (bicyclic) bond motifs is 1. The van der Waals surface area contributed by atoms with Gasteiger partial charge in [-0.2, -0.15) is 13.2 Å². The lowest BCUT2D eigenvalue weighted by Crippen LogP contribution is -2.13. The number of imidazole rings is 1. The van der Waals surface area contributed by atoms with Crippen molar-refractivity contribution in [2.45, 2.75) is 12.7 Å². The maximum atomic E-state index is 12.8. The summed E-state index contributed by atoms with van der Waals surface area (Å²) in [5, 5.41) is 0. The van der Waals surface area contributed by atoms with Crippen LogP contribution in [0, 0.1) is 0 Å². The highest BCUT2D eigenvalue weighted by Crippen LogP contribution is 2.30. The molecule has 0 atom stereocenters. The second-order valence-electron chi connectivity index (χ2n) is 6.69. The van der Waals surface area contributed by atoms with Gasteiger partial charge in [-0.15, -0.1) is 0 Å². The first kappa shape index (κ1) is 18.7. The molecule has 4 rings (SSSR count). The van der Waals surface area contributed by atoms with Gasteiger partial charge < -0.3 is 10.3 Å². The highest BCUT2D eigenvalue weighted by molar-refractivity contribution is 6.06. The highest BCUT2D eigenvalue weighted by Gasteiger charge is 2.29. The van der Waals surface area contributed by atoms with Gasteiger partial charge in [0, 0.05) is 6.54 Å². The van der Waals surface area contributed by atoms with E-state index in [1.165, 1.54) is 12.1 Å². The van der Waals surface area contributed by atoms with Crippen molar-refractivity contribution >= 4 is 16.9 Å². The van der Waals surface area contributed by atoms with Crippen LogP contribution in [0.1, 0.15) is 21.5 Å². The molecule has 146 valence electrons. The molecule has 4 aromatic rings. The van der Waals surface area contributed by atoms with Gasteiger partial charge in [0.2, 0.25) is 0 Å². The van der Waals surface area contributed by atoms with Crippen molar-refractivity contribution in [3.8, 4) is 11.1 Å². The molecule has 0 bridgehead atoms. The van der Waals surface area contributed by atoms with E-state index in [0.717, 1.165) is 23.3 Å². The first-order valence-electron chi connectivity index (χ1n) is 8.83. The van der Waals surface area contributed by atoms with Gasteiger partial charge >= 0.3 is 6.18 Å². The standard InChI is InChI=1S/C22H16F3N3O/c23-22(24,25)17-8-6-14(7-9-17)12-28-13-27-19-11-16(15-4-2-1-3-5-15)10-18(20(19)28)21(26)29/h1-11,13H,12H2,(H2,26,29). The zero-order valence-electron chi connectivity index (χ0n) is 15.1. The molecule has 3 aromatic carbocycles. The van der Waals surface area contributed by atoms with Crippen LogP contribution in [-0.4, -0.2) is 15.5 Å². The maximum Gasteiger partial charge on any atom is 0.416 e. The first-order valence-corrected chi connectivity index (χ1v) is 8.83. The monoisotopic (exact) mass is 395 g/mol. The highest BCUT2D eigenvalue weighted by atomic mass is 19.4. The summed E-state index contributed by atoms with van der Waals surface area (Å²) in [6, 6.07) is 18.0. The average molecular weight is 395 g/mol. The van der Waals surface area contributed by atoms with Crippen LogP contribution >= 0.6 is 0 Å². The molecule has 1 aromatic heterocycles. The first-order chi connectivity index (χ1) is 13.8. The molecule has 1 heterocycles. The minimum atomic E-state index is -4.38. The second-order valence-corrected chi connectivity index (χ2v) is 6.69. The minimum absolute atomic E-state index is 0.263. The quantitative estimate of drug-likeness (QED) is 0.536. The Hall–Kier alpha value is -3.61. The molecule has 2 N–H and O–H groups in total. The fraction of sp³-hybridized carbons (Fsp3) is 0.0909. The summed E-state index contributed by atoms with van der Waals surface area (Å²) in [6.45, 7) is 0.263. The van der Waals surface area contributed by atoms with Crippen LogP contribution in [0.2, 0.25) is 0 Å². The molecule has 0 fully saturated rings. The van der Waals surface area contributed by atoms with Crippen LogP contribution in [0.4, 0.5) is 13.2 Å². The lowest BCUT2D eigenvalue weighted by atomic mass is 10.0. The molecule has 0 unspecified atom stereocenters. The normalized spacial score (nSPS) is 11.7. The summed E-state index contributed by atoms with van der Waals surface area (Å²) in [5.74, 6) is -0.595. The van der Waals surface area contributed by atoms with Crippen LogP contribution in [0.15, 0.2) is 73.1 Å². The number of nitrogens with zero attached hydrogens (tertiary/aromatic N) is 2. The number of nitrogens with two attached hydrogens (primary N) is 1. The van der Waals surface area contributed by atoms with Gasteiger partial charge in [-0.25, -0.2) is 4.98 Å². The summed E-state index contributed by atoms with van der Waals surface area (Å²) in [5.41, 5.74) is 8.75. The predicted molar refractivity (Wildman–Crippen MR) is 104 cm³/mol. The second kappa shape index (κ2) is 7.09. The molecule has 1 amide bonds. The summed E-state index contributed by atoms with van der Waals surface area (Å²) in [6.07, 6.45) is -2.82. The summed E-state index contributed by atoms with van der Waals surface area (Å²) >= 11 is 0. The number of halogens is 3. The number of aromatic nitrogens is 2. The van der Waals surface area contributed by atoms with E-state index in [-0.39, 0.29) is 6.54 Å². The van der Waals surface area contributed by atoms with Crippen molar-refractivity contribution in [3.05, 3.63) is 89.7 Å². The van der Waals surface area contributed by atoms with E-state index in [0.29, 0.717) is 22.2 Å². The van der Waals surface area contributed by atoms with E-state index in [1.54, 1.807) is 17.0 Å². The summed E-state index contributed by atoms with van der Waals surface area (Å²) < 4.78 is 40.0. The fourth-order valence-corrected chi connectivity index (χ4v) is 3.31. The number of alkyl halides is 3. The number of hydrogen-bond acceptors (Lipinski definition) is 2. The molecule has 29 heavy (non-hydrogen) atoms. The van der Waals surface area contributed by atoms with Crippen LogP contribution < -0.4 is 5.73 Å². The Labute approximate surface area is 164 Å². The lowest BCUT2D eigenvalue weighted by Gasteiger charge is -2.11. The number of benzene rings is 3. The molecule has 0 aliphatic carbocycles. The largest absolute Gasteiger partial charge is 0.416 e. The zero-order chi connectivity index (χ0) is 20.6. The minimum Gasteiger partial charge on any atom is -0.366 e. The third kappa shape index (κ3) is 3.71. The van der Waals surface area contributed by atoms with Gasteiger partial charge in [0.1, 0.15) is 0 Å². The Morgan fingerprint density at radius 3 is 2.28 bits per heavy atom. The number of hydrogen-bond donors (Lipinski definition) is 1. The smallest absolute Gasteiger partial charge is 0.366 e. The molecular formula is C22H16F3N3O. The van der Waals surface area contributed by atoms with Gasteiger partial charge in [0.25, 0.3) is 5.91 Å². The van der Waals surface area contributed by atoms with E-state index in [2.05, 4.69) is 4.98 Å². The zero-order valence-corrected chi connectivity index (χ0v) is 15.1. The molecule has 0 saturated carbocycles. The Kier molecular flexibility index (Phi) is 4.58. The number of amides is 1. The van der Waals surface area contributed by atoms with E-state index in [4.69, 9.17) is 5.73 Å². The van der Waals surface area contributed by atoms with Gasteiger partial charge in [-0.3, -0.25) is 4.79 Å². The van der Waals surface area contributed by atoms with Crippen molar-refractivity contribution in [1.82, 2.24) is 9.55 Å². The van der Waals surface area contributed by atoms with Crippen molar-refractivity contribution in [1.29, 1.82) is 0 Å². The van der Waals surface area contributed by atoms with Crippen LogP contribution in [-0.2, 0) is 12.7 Å². The lowest BCUT2D eigenvalue weighted by molar-refractivity contribution is -0.137. The number of primary amides is 1. The van der Waals surface area contributed by atoms with E-state index < -0.39 is 17.6 Å². The Balaban J connectivity index is 1.75. The Morgan fingerprint density at radius 2 is 1.66 bits per heavy atom. The van der Waals surface area contributed by atoms with Gasteiger partial charge in [0.05, 0.1) is 28.5 Å². The molecule has 4 nitrogen and oxygen atoms in total. The van der Waals surface area contributed by atoms with Gasteiger partial charge in [0.15, 0.2) is 0 Å². The average Bonchev–Trinajstić information content (AvgIpc) is 3.10. The van der Waals surface area contributed by atoms with Crippen molar-refractivity contribution in [2.75, 3.05) is 0 Å². The molecule has 7 heteroatoms. The molecule has 0 radical (unpaired) electrons. The topological polar surface area (TPSA) is 60.9 Å². The molecule has 0 saturated heterocycles. The van der Waals surface area contributed by atoms with Crippen LogP contribution in [0.3, 0.4) is 0 Å². The number of carbonyl (C=O) groups excluding carboxylic acids is 1. The van der Waals surface area contributed by atoms with Crippen molar-refractivity contribution in [3.63, 3.8) is 0 Å². The number of rotatable bonds is 4. The third-order valence-electron chi connectivity index (χ3n) is 4.72. The van der Waals surface area contributed by atoms with Gasteiger partial charge in [-0.05, 0) is 41.0 Å². The van der Waals surface area contributed by atoms with Crippen LogP contribution in [0.25, 0.3) is 22.2 Å². The fourth-order valence-electron chi connectivity index (χ4n) is 3.31. The van der Waals surface area contributed by atoms with E-state index in [1.807, 2.05) is 36.4 Å². The van der Waals surface area contributed by atoms with Crippen molar-refractivity contribution < 1.29 is 18.0 Å². The van der Waals surface area contributed by atoms with E-state index in [9.17, 15) is 18.0 Å². The van der Waals surface area contributed by atoms with Crippen LogP contribution in [0.5, 0.6) is 0 Å². The third-order valence-corrected chi connectivity index (χ3v) is 4.72. The Morgan fingerprint density at radius 1 is 0.966 bits per heavy atom. The van der Waals surface area contributed by atoms with E-state index >= 15 is 0 Å². The number of carbonyl (C=O) groups is 1. The molecule has 0 aliphatic rings. The predicted octanol–water partition coefficient (Wildman–Crippen LogP) is 4.87. The Bertz CT molecular complexity index is 1180.